The van der Waals surface area contributed by atoms with Crippen LogP contribution in [0, 0.1) is 6.92 Å². The number of hydrogen-bond acceptors (Lipinski definition) is 6. The average Bonchev–Trinajstić information content (AvgIpc) is 3.52. The summed E-state index contributed by atoms with van der Waals surface area (Å²) in [5.41, 5.74) is -1.11. The molecule has 0 radical (unpaired) electrons. The van der Waals surface area contributed by atoms with Gasteiger partial charge in [-0.1, -0.05) is 23.2 Å². The lowest BCUT2D eigenvalue weighted by Gasteiger charge is -2.16. The fraction of sp³-hybridized carbons (Fsp3) is 0.217. The molecule has 2 amide bonds. The highest BCUT2D eigenvalue weighted by molar-refractivity contribution is 6.32. The summed E-state index contributed by atoms with van der Waals surface area (Å²) >= 11 is 12.3. The maximum absolute atomic E-state index is 13.7. The maximum atomic E-state index is 13.7. The standard InChI is InChI=1S/C23H17Cl2F5N8O2/c1-11-6-12(24)7-14(20(39)31-2)18(11)34-21(40)16-8-13(35-38(16)19-15(25)4-3-5-32-19)10-37-33-9-17(36-37)22(26,27)23(28,29)30/h3-9H,10H2,1-2H3,(H,31,39)(H,34,40). The zero-order valence-corrected chi connectivity index (χ0v) is 21.9. The predicted octanol–water partition coefficient (Wildman–Crippen LogP) is 4.79. The molecular weight excluding hydrogens is 586 g/mol. The van der Waals surface area contributed by atoms with Gasteiger partial charge in [0.25, 0.3) is 11.8 Å². The molecular formula is C23H17Cl2F5N8O2. The second-order valence-electron chi connectivity index (χ2n) is 8.25. The number of carbonyl (C=O) groups is 2. The van der Waals surface area contributed by atoms with Gasteiger partial charge < -0.3 is 10.6 Å². The van der Waals surface area contributed by atoms with Gasteiger partial charge in [-0.25, -0.2) is 9.67 Å². The zero-order chi connectivity index (χ0) is 29.4. The summed E-state index contributed by atoms with van der Waals surface area (Å²) in [5.74, 6) is -6.53. The van der Waals surface area contributed by atoms with Crippen LogP contribution in [0.15, 0.2) is 42.7 Å². The minimum absolute atomic E-state index is 0.0105. The highest BCUT2D eigenvalue weighted by Crippen LogP contribution is 2.42. The van der Waals surface area contributed by atoms with Gasteiger partial charge in [-0.15, -0.1) is 0 Å². The lowest BCUT2D eigenvalue weighted by atomic mass is 10.1. The Labute approximate surface area is 232 Å². The molecule has 17 heteroatoms. The van der Waals surface area contributed by atoms with Gasteiger partial charge in [0.1, 0.15) is 12.2 Å². The normalized spacial score (nSPS) is 11.9. The van der Waals surface area contributed by atoms with Gasteiger partial charge in [0.05, 0.1) is 28.2 Å². The molecule has 40 heavy (non-hydrogen) atoms. The largest absolute Gasteiger partial charge is 0.459 e. The molecule has 210 valence electrons. The fourth-order valence-electron chi connectivity index (χ4n) is 3.57. The van der Waals surface area contributed by atoms with Crippen LogP contribution >= 0.6 is 23.2 Å². The first kappa shape index (κ1) is 28.9. The Kier molecular flexibility index (Phi) is 7.81. The Morgan fingerprint density at radius 1 is 1.05 bits per heavy atom. The molecule has 0 saturated carbocycles. The van der Waals surface area contributed by atoms with Gasteiger partial charge in [-0.3, -0.25) is 9.59 Å². The molecule has 0 fully saturated rings. The van der Waals surface area contributed by atoms with E-state index in [1.807, 2.05) is 0 Å². The number of anilines is 1. The van der Waals surface area contributed by atoms with E-state index >= 15 is 0 Å². The first-order chi connectivity index (χ1) is 18.7. The van der Waals surface area contributed by atoms with Crippen LogP contribution in [0.5, 0.6) is 0 Å². The summed E-state index contributed by atoms with van der Waals surface area (Å²) in [4.78, 5) is 30.6. The molecule has 0 bridgehead atoms. The van der Waals surface area contributed by atoms with E-state index < -0.39 is 36.2 Å². The molecule has 0 aliphatic carbocycles. The number of halogens is 7. The summed E-state index contributed by atoms with van der Waals surface area (Å²) in [6.07, 6.45) is -4.21. The molecule has 0 aliphatic heterocycles. The lowest BCUT2D eigenvalue weighted by Crippen LogP contribution is -2.34. The fourth-order valence-corrected chi connectivity index (χ4v) is 4.05. The van der Waals surface area contributed by atoms with Crippen molar-refractivity contribution < 1.29 is 31.5 Å². The van der Waals surface area contributed by atoms with E-state index in [4.69, 9.17) is 23.2 Å². The molecule has 0 aliphatic rings. The Morgan fingerprint density at radius 2 is 1.77 bits per heavy atom. The molecule has 2 N–H and O–H groups in total. The first-order valence-electron chi connectivity index (χ1n) is 11.1. The third kappa shape index (κ3) is 5.60. The number of hydrogen-bond donors (Lipinski definition) is 2. The van der Waals surface area contributed by atoms with Crippen molar-refractivity contribution in [2.24, 2.45) is 0 Å². The second-order valence-corrected chi connectivity index (χ2v) is 9.10. The Bertz CT molecular complexity index is 1600. The zero-order valence-electron chi connectivity index (χ0n) is 20.4. The SMILES string of the molecule is CNC(=O)c1cc(Cl)cc(C)c1NC(=O)c1cc(Cn2ncc(C(F)(F)C(F)(F)F)n2)nn1-c1ncccc1Cl. The molecule has 3 aromatic heterocycles. The van der Waals surface area contributed by atoms with Crippen LogP contribution in [0.1, 0.15) is 37.8 Å². The van der Waals surface area contributed by atoms with Crippen molar-refractivity contribution in [3.8, 4) is 5.82 Å². The van der Waals surface area contributed by atoms with Gasteiger partial charge in [-0.05, 0) is 42.8 Å². The Morgan fingerprint density at radius 3 is 2.42 bits per heavy atom. The van der Waals surface area contributed by atoms with Crippen LogP contribution in [0.3, 0.4) is 0 Å². The third-order valence-electron chi connectivity index (χ3n) is 5.46. The number of nitrogens with one attached hydrogen (secondary N) is 2. The van der Waals surface area contributed by atoms with Crippen LogP contribution in [0.2, 0.25) is 10.0 Å². The molecule has 0 unspecified atom stereocenters. The lowest BCUT2D eigenvalue weighted by molar-refractivity contribution is -0.291. The van der Waals surface area contributed by atoms with Crippen LogP contribution in [0.25, 0.3) is 5.82 Å². The van der Waals surface area contributed by atoms with Crippen molar-refractivity contribution in [2.75, 3.05) is 12.4 Å². The summed E-state index contributed by atoms with van der Waals surface area (Å²) in [6, 6.07) is 7.11. The smallest absolute Gasteiger partial charge is 0.355 e. The van der Waals surface area contributed by atoms with E-state index in [1.165, 1.54) is 43.6 Å². The van der Waals surface area contributed by atoms with Gasteiger partial charge >= 0.3 is 12.1 Å². The van der Waals surface area contributed by atoms with E-state index in [1.54, 1.807) is 6.92 Å². The molecule has 4 rings (SSSR count). The highest BCUT2D eigenvalue weighted by Gasteiger charge is 2.60. The van der Waals surface area contributed by atoms with Gasteiger partial charge in [0.15, 0.2) is 11.5 Å². The van der Waals surface area contributed by atoms with Crippen molar-refractivity contribution in [3.63, 3.8) is 0 Å². The van der Waals surface area contributed by atoms with Gasteiger partial charge in [0, 0.05) is 18.3 Å². The molecule has 3 heterocycles. The second kappa shape index (κ2) is 10.8. The molecule has 4 aromatic rings. The summed E-state index contributed by atoms with van der Waals surface area (Å²) in [5, 5.41) is 16.4. The molecule has 0 spiro atoms. The van der Waals surface area contributed by atoms with Crippen LogP contribution in [-0.4, -0.2) is 54.8 Å². The van der Waals surface area contributed by atoms with E-state index in [2.05, 4.69) is 30.9 Å². The number of aryl methyl sites for hydroxylation is 1. The van der Waals surface area contributed by atoms with Gasteiger partial charge in [0.2, 0.25) is 0 Å². The number of aromatic nitrogens is 6. The van der Waals surface area contributed by atoms with Crippen LogP contribution in [0.4, 0.5) is 27.6 Å². The molecule has 1 aromatic carbocycles. The number of benzene rings is 1. The van der Waals surface area contributed by atoms with E-state index in [-0.39, 0.29) is 44.7 Å². The number of nitrogens with zero attached hydrogens (tertiary/aromatic N) is 6. The van der Waals surface area contributed by atoms with E-state index in [9.17, 15) is 31.5 Å². The van der Waals surface area contributed by atoms with Gasteiger partial charge in [-0.2, -0.15) is 42.0 Å². The van der Waals surface area contributed by atoms with Crippen molar-refractivity contribution in [2.45, 2.75) is 25.6 Å². The van der Waals surface area contributed by atoms with Crippen molar-refractivity contribution in [3.05, 3.63) is 81.0 Å². The number of amides is 2. The summed E-state index contributed by atoms with van der Waals surface area (Å²) in [7, 11) is 1.40. The van der Waals surface area contributed by atoms with E-state index in [0.29, 0.717) is 10.4 Å². The monoisotopic (exact) mass is 602 g/mol. The summed E-state index contributed by atoms with van der Waals surface area (Å²) < 4.78 is 66.5. The van der Waals surface area contributed by atoms with E-state index in [0.717, 1.165) is 4.68 Å². The highest BCUT2D eigenvalue weighted by atomic mass is 35.5. The number of carbonyl (C=O) groups excluding carboxylic acids is 2. The first-order valence-corrected chi connectivity index (χ1v) is 11.9. The van der Waals surface area contributed by atoms with Crippen molar-refractivity contribution in [1.82, 2.24) is 35.1 Å². The van der Waals surface area contributed by atoms with Crippen molar-refractivity contribution >= 4 is 40.7 Å². The third-order valence-corrected chi connectivity index (χ3v) is 5.97. The molecule has 0 saturated heterocycles. The minimum Gasteiger partial charge on any atom is -0.355 e. The Balaban J connectivity index is 1.74. The molecule has 10 nitrogen and oxygen atoms in total. The number of alkyl halides is 5. The quantitative estimate of drug-likeness (QED) is 0.294. The Hall–Kier alpha value is -4.11. The predicted molar refractivity (Wildman–Crippen MR) is 133 cm³/mol. The summed E-state index contributed by atoms with van der Waals surface area (Å²) in [6.45, 7) is 1.12. The molecule has 0 atom stereocenters. The average molecular weight is 603 g/mol. The number of pyridine rings is 1. The topological polar surface area (TPSA) is 120 Å². The van der Waals surface area contributed by atoms with Crippen molar-refractivity contribution in [1.29, 1.82) is 0 Å². The maximum Gasteiger partial charge on any atom is 0.459 e. The van der Waals surface area contributed by atoms with Crippen LogP contribution in [-0.2, 0) is 12.5 Å². The van der Waals surface area contributed by atoms with Crippen LogP contribution < -0.4 is 10.6 Å². The minimum atomic E-state index is -5.87. The number of rotatable bonds is 7.